The van der Waals surface area contributed by atoms with Gasteiger partial charge in [-0.05, 0) is 42.7 Å². The Hall–Kier alpha value is -1.84. The van der Waals surface area contributed by atoms with Gasteiger partial charge in [-0.3, -0.25) is 0 Å². The second kappa shape index (κ2) is 8.72. The average molecular weight is 414 g/mol. The first-order valence-corrected chi connectivity index (χ1v) is 11.7. The summed E-state index contributed by atoms with van der Waals surface area (Å²) in [5.41, 5.74) is 2.00. The number of nitrogens with zero attached hydrogens (tertiary/aromatic N) is 2. The van der Waals surface area contributed by atoms with Crippen molar-refractivity contribution >= 4 is 17.0 Å². The molecule has 3 rings (SSSR count). The van der Waals surface area contributed by atoms with E-state index in [9.17, 15) is 4.79 Å². The number of imidazole rings is 1. The number of carbonyl (C=O) groups is 1. The van der Waals surface area contributed by atoms with Gasteiger partial charge in [0.15, 0.2) is 11.0 Å². The number of hydrogen-bond donors (Lipinski definition) is 0. The maximum absolute atomic E-state index is 13.8. The molecule has 30 heavy (non-hydrogen) atoms. The Morgan fingerprint density at radius 1 is 1.23 bits per heavy atom. The molecule has 1 unspecified atom stereocenters. The summed E-state index contributed by atoms with van der Waals surface area (Å²) >= 11 is 0. The number of esters is 1. The number of rotatable bonds is 5. The molecule has 1 aliphatic rings. The van der Waals surface area contributed by atoms with E-state index in [1.807, 2.05) is 0 Å². The van der Waals surface area contributed by atoms with Crippen LogP contribution in [0.25, 0.3) is 11.0 Å². The maximum atomic E-state index is 13.8. The molecule has 0 saturated heterocycles. The predicted molar refractivity (Wildman–Crippen MR) is 122 cm³/mol. The molecule has 0 bridgehead atoms. The number of fused-ring (bicyclic) bond motifs is 1. The van der Waals surface area contributed by atoms with Crippen LogP contribution < -0.4 is 4.57 Å². The fraction of sp³-hybridized carbons (Fsp3) is 0.692. The molecule has 0 aliphatic heterocycles. The van der Waals surface area contributed by atoms with Crippen LogP contribution in [-0.4, -0.2) is 16.6 Å². The molecule has 4 heteroatoms. The van der Waals surface area contributed by atoms with E-state index >= 15 is 0 Å². The van der Waals surface area contributed by atoms with Gasteiger partial charge in [0, 0.05) is 11.8 Å². The number of aryl methyl sites for hydroxylation is 1. The van der Waals surface area contributed by atoms with E-state index < -0.39 is 0 Å². The Labute approximate surface area is 182 Å². The van der Waals surface area contributed by atoms with Crippen molar-refractivity contribution in [1.29, 1.82) is 0 Å². The largest absolute Gasteiger partial charge is 0.459 e. The quantitative estimate of drug-likeness (QED) is 0.471. The fourth-order valence-electron chi connectivity index (χ4n) is 5.40. The predicted octanol–water partition coefficient (Wildman–Crippen LogP) is 5.62. The van der Waals surface area contributed by atoms with Crippen molar-refractivity contribution in [3.63, 3.8) is 0 Å². The molecular weight excluding hydrogens is 372 g/mol. The monoisotopic (exact) mass is 413 g/mol. The normalized spacial score (nSPS) is 23.7. The highest BCUT2D eigenvalue weighted by atomic mass is 16.5. The number of para-hydroxylation sites is 2. The summed E-state index contributed by atoms with van der Waals surface area (Å²) in [6.07, 6.45) is 4.24. The van der Waals surface area contributed by atoms with Gasteiger partial charge in [0.2, 0.25) is 6.04 Å². The summed E-state index contributed by atoms with van der Waals surface area (Å²) in [5, 5.41) is 0. The Morgan fingerprint density at radius 2 is 1.90 bits per heavy atom. The zero-order chi connectivity index (χ0) is 22.2. The fourth-order valence-corrected chi connectivity index (χ4v) is 5.40. The van der Waals surface area contributed by atoms with E-state index in [4.69, 9.17) is 4.74 Å². The summed E-state index contributed by atoms with van der Waals surface area (Å²) < 4.78 is 10.8. The third-order valence-electron chi connectivity index (χ3n) is 7.01. The zero-order valence-electron chi connectivity index (χ0n) is 20.2. The minimum atomic E-state index is -0.358. The van der Waals surface area contributed by atoms with Crippen LogP contribution in [0.5, 0.6) is 0 Å². The Kier molecular flexibility index (Phi) is 6.64. The van der Waals surface area contributed by atoms with Crippen molar-refractivity contribution in [2.75, 3.05) is 0 Å². The minimum Gasteiger partial charge on any atom is -0.459 e. The van der Waals surface area contributed by atoms with Crippen molar-refractivity contribution in [3.05, 3.63) is 30.1 Å². The summed E-state index contributed by atoms with van der Waals surface area (Å²) in [6.45, 7) is 15.4. The van der Waals surface area contributed by atoms with Crippen LogP contribution in [0, 0.1) is 23.2 Å². The summed E-state index contributed by atoms with van der Waals surface area (Å²) in [6, 6.07) is 8.02. The van der Waals surface area contributed by atoms with Crippen LogP contribution in [0.3, 0.4) is 0 Å². The lowest BCUT2D eigenvalue weighted by molar-refractivity contribution is -0.654. The number of ether oxygens (including phenoxy) is 1. The molecular formula is C26H41N2O2+. The second-order valence-corrected chi connectivity index (χ2v) is 10.8. The SMILES string of the molecule is CCc1n([C@@H](C(=O)OC2C[C@H](C)CC[C@H]2C(C)C)C(C)(C)C)c2ccccc2[n+]1C. The molecule has 1 aromatic heterocycles. The molecule has 1 aliphatic carbocycles. The number of hydrogen-bond acceptors (Lipinski definition) is 2. The lowest BCUT2D eigenvalue weighted by Gasteiger charge is -2.38. The molecule has 4 nitrogen and oxygen atoms in total. The van der Waals surface area contributed by atoms with Gasteiger partial charge in [-0.15, -0.1) is 0 Å². The molecule has 1 aromatic carbocycles. The first-order valence-electron chi connectivity index (χ1n) is 11.7. The van der Waals surface area contributed by atoms with Crippen molar-refractivity contribution in [2.45, 2.75) is 86.3 Å². The van der Waals surface area contributed by atoms with Gasteiger partial charge in [-0.2, -0.15) is 0 Å². The van der Waals surface area contributed by atoms with Crippen molar-refractivity contribution in [1.82, 2.24) is 4.57 Å². The Morgan fingerprint density at radius 3 is 2.50 bits per heavy atom. The molecule has 0 amide bonds. The third kappa shape index (κ3) is 4.29. The number of benzene rings is 1. The van der Waals surface area contributed by atoms with Gasteiger partial charge >= 0.3 is 5.97 Å². The minimum absolute atomic E-state index is 0.0201. The molecule has 2 aromatic rings. The third-order valence-corrected chi connectivity index (χ3v) is 7.01. The lowest BCUT2D eigenvalue weighted by atomic mass is 9.75. The van der Waals surface area contributed by atoms with E-state index in [1.54, 1.807) is 0 Å². The van der Waals surface area contributed by atoms with Gasteiger partial charge in [0.1, 0.15) is 6.10 Å². The average Bonchev–Trinajstić information content (AvgIpc) is 2.92. The van der Waals surface area contributed by atoms with Crippen molar-refractivity contribution in [3.8, 4) is 0 Å². The maximum Gasteiger partial charge on any atom is 0.352 e. The standard InChI is InChI=1S/C26H41N2O2/c1-9-23-27(8)20-12-10-11-13-21(20)28(23)24(26(5,6)7)25(29)30-22-16-18(4)14-15-19(22)17(2)3/h10-13,17-19,22,24H,9,14-16H2,1-8H3/q+1/t18-,19+,22?,24+/m1/s1. The van der Waals surface area contributed by atoms with Crippen LogP contribution in [0.1, 0.15) is 79.6 Å². The first-order chi connectivity index (χ1) is 14.1. The van der Waals surface area contributed by atoms with E-state index in [2.05, 4.69) is 88.9 Å². The van der Waals surface area contributed by atoms with Crippen LogP contribution in [0.4, 0.5) is 0 Å². The summed E-state index contributed by atoms with van der Waals surface area (Å²) in [4.78, 5) is 13.8. The van der Waals surface area contributed by atoms with Crippen molar-refractivity contribution in [2.24, 2.45) is 30.2 Å². The molecule has 1 saturated carbocycles. The first kappa shape index (κ1) is 22.8. The van der Waals surface area contributed by atoms with Crippen LogP contribution in [-0.2, 0) is 23.0 Å². The highest BCUT2D eigenvalue weighted by Crippen LogP contribution is 2.39. The Balaban J connectivity index is 2.04. The van der Waals surface area contributed by atoms with Crippen LogP contribution in [0.15, 0.2) is 24.3 Å². The lowest BCUT2D eigenvalue weighted by Crippen LogP contribution is -2.42. The molecule has 166 valence electrons. The highest BCUT2D eigenvalue weighted by Gasteiger charge is 2.44. The van der Waals surface area contributed by atoms with Gasteiger partial charge in [0.05, 0.1) is 7.05 Å². The molecule has 0 radical (unpaired) electrons. The highest BCUT2D eigenvalue weighted by molar-refractivity contribution is 5.80. The Bertz CT molecular complexity index is 890. The molecule has 0 N–H and O–H groups in total. The molecule has 1 fully saturated rings. The zero-order valence-corrected chi connectivity index (χ0v) is 20.2. The van der Waals surface area contributed by atoms with Crippen LogP contribution >= 0.6 is 0 Å². The van der Waals surface area contributed by atoms with Gasteiger partial charge in [0.25, 0.3) is 5.82 Å². The smallest absolute Gasteiger partial charge is 0.352 e. The summed E-state index contributed by atoms with van der Waals surface area (Å²) in [7, 11) is 2.10. The van der Waals surface area contributed by atoms with E-state index in [0.29, 0.717) is 17.8 Å². The number of carbonyl (C=O) groups excluding carboxylic acids is 1. The summed E-state index contributed by atoms with van der Waals surface area (Å²) in [5.74, 6) is 2.67. The van der Waals surface area contributed by atoms with Gasteiger partial charge < -0.3 is 4.74 Å². The topological polar surface area (TPSA) is 35.1 Å². The van der Waals surface area contributed by atoms with Gasteiger partial charge in [-0.25, -0.2) is 13.9 Å². The second-order valence-electron chi connectivity index (χ2n) is 10.8. The molecule has 0 spiro atoms. The van der Waals surface area contributed by atoms with Crippen LogP contribution in [0.2, 0.25) is 0 Å². The molecule has 4 atom stereocenters. The van der Waals surface area contributed by atoms with E-state index in [0.717, 1.165) is 36.1 Å². The molecule has 1 heterocycles. The van der Waals surface area contributed by atoms with Gasteiger partial charge in [-0.1, -0.05) is 67.0 Å². The van der Waals surface area contributed by atoms with E-state index in [1.165, 1.54) is 6.42 Å². The number of aromatic nitrogens is 2. The van der Waals surface area contributed by atoms with Crippen molar-refractivity contribution < 1.29 is 14.1 Å². The van der Waals surface area contributed by atoms with E-state index in [-0.39, 0.29) is 23.5 Å².